The molecular formula is C45H37BN4O3. The van der Waals surface area contributed by atoms with Crippen molar-refractivity contribution in [2.45, 2.75) is 51.7 Å². The third-order valence-corrected chi connectivity index (χ3v) is 11.2. The molecule has 0 atom stereocenters. The van der Waals surface area contributed by atoms with Crippen LogP contribution in [0.5, 0.6) is 0 Å². The Morgan fingerprint density at radius 1 is 0.642 bits per heavy atom. The Labute approximate surface area is 308 Å². The van der Waals surface area contributed by atoms with E-state index in [2.05, 4.69) is 111 Å². The number of hydrogen-bond donors (Lipinski definition) is 0. The highest BCUT2D eigenvalue weighted by Crippen LogP contribution is 2.40. The summed E-state index contributed by atoms with van der Waals surface area (Å²) in [5.41, 5.74) is 9.13. The van der Waals surface area contributed by atoms with Gasteiger partial charge in [-0.05, 0) is 88.0 Å². The molecule has 3 aromatic heterocycles. The second-order valence-corrected chi connectivity index (χ2v) is 15.0. The van der Waals surface area contributed by atoms with Crippen LogP contribution >= 0.6 is 0 Å². The van der Waals surface area contributed by atoms with Crippen molar-refractivity contribution < 1.29 is 13.7 Å². The summed E-state index contributed by atoms with van der Waals surface area (Å²) in [6.45, 7) is 8.26. The maximum atomic E-state index is 6.50. The lowest BCUT2D eigenvalue weighted by Gasteiger charge is -2.32. The lowest BCUT2D eigenvalue weighted by atomic mass is 9.79. The van der Waals surface area contributed by atoms with Crippen LogP contribution in [0.15, 0.2) is 126 Å². The van der Waals surface area contributed by atoms with Crippen LogP contribution in [0.2, 0.25) is 0 Å². The quantitative estimate of drug-likeness (QED) is 0.167. The summed E-state index contributed by atoms with van der Waals surface area (Å²) < 4.78 is 21.6. The van der Waals surface area contributed by atoms with Crippen molar-refractivity contribution in [1.82, 2.24) is 19.5 Å². The summed E-state index contributed by atoms with van der Waals surface area (Å²) in [4.78, 5) is 15.4. The SMILES string of the molecule is CC1(C)OB(c2ccc3c(c2)oc2cccc(-c4nc(-c5ccccc5)nc(-c5cccc(-n6c7c(c8ccccc86)CCC=C7)c5)n4)c23)OC1(C)C. The predicted octanol–water partition coefficient (Wildman–Crippen LogP) is 9.97. The number of hydrogen-bond acceptors (Lipinski definition) is 6. The van der Waals surface area contributed by atoms with Gasteiger partial charge in [-0.2, -0.15) is 0 Å². The van der Waals surface area contributed by atoms with Gasteiger partial charge in [0, 0.05) is 44.2 Å². The minimum Gasteiger partial charge on any atom is -0.456 e. The van der Waals surface area contributed by atoms with Crippen LogP contribution in [0.25, 0.3) is 78.8 Å². The first-order valence-electron chi connectivity index (χ1n) is 18.3. The van der Waals surface area contributed by atoms with Crippen molar-refractivity contribution >= 4 is 51.5 Å². The molecule has 258 valence electrons. The summed E-state index contributed by atoms with van der Waals surface area (Å²) in [7, 11) is -0.488. The number of nitrogens with zero attached hydrogens (tertiary/aromatic N) is 4. The zero-order valence-corrected chi connectivity index (χ0v) is 30.1. The number of benzene rings is 5. The third-order valence-electron chi connectivity index (χ3n) is 11.2. The monoisotopic (exact) mass is 692 g/mol. The lowest BCUT2D eigenvalue weighted by molar-refractivity contribution is 0.00578. The van der Waals surface area contributed by atoms with E-state index in [1.54, 1.807) is 0 Å². The van der Waals surface area contributed by atoms with Gasteiger partial charge in [0.25, 0.3) is 0 Å². The van der Waals surface area contributed by atoms with Gasteiger partial charge in [0.15, 0.2) is 17.5 Å². The first-order valence-corrected chi connectivity index (χ1v) is 18.3. The molecule has 0 saturated carbocycles. The molecule has 10 rings (SSSR count). The van der Waals surface area contributed by atoms with Crippen LogP contribution < -0.4 is 5.46 Å². The molecule has 0 amide bonds. The normalized spacial score (nSPS) is 16.2. The zero-order valence-electron chi connectivity index (χ0n) is 30.1. The Morgan fingerprint density at radius 2 is 1.36 bits per heavy atom. The van der Waals surface area contributed by atoms with Crippen molar-refractivity contribution in [1.29, 1.82) is 0 Å². The smallest absolute Gasteiger partial charge is 0.456 e. The van der Waals surface area contributed by atoms with E-state index in [1.165, 1.54) is 22.2 Å². The number of aryl methyl sites for hydroxylation is 1. The fourth-order valence-electron chi connectivity index (χ4n) is 7.75. The van der Waals surface area contributed by atoms with Crippen LogP contribution in [0, 0.1) is 0 Å². The van der Waals surface area contributed by atoms with Gasteiger partial charge in [-0.3, -0.25) is 0 Å². The van der Waals surface area contributed by atoms with Crippen LogP contribution in [0.4, 0.5) is 0 Å². The van der Waals surface area contributed by atoms with Crippen LogP contribution in [0.1, 0.15) is 45.4 Å². The number of aromatic nitrogens is 4. The maximum absolute atomic E-state index is 6.50. The molecule has 1 saturated heterocycles. The van der Waals surface area contributed by atoms with Crippen molar-refractivity contribution in [3.8, 4) is 39.9 Å². The molecule has 0 bridgehead atoms. The number of rotatable bonds is 5. The largest absolute Gasteiger partial charge is 0.494 e. The molecule has 0 N–H and O–H groups in total. The van der Waals surface area contributed by atoms with Crippen molar-refractivity contribution in [2.24, 2.45) is 0 Å². The van der Waals surface area contributed by atoms with Crippen LogP contribution in [-0.4, -0.2) is 37.8 Å². The van der Waals surface area contributed by atoms with E-state index in [9.17, 15) is 0 Å². The number of allylic oxidation sites excluding steroid dienone is 1. The van der Waals surface area contributed by atoms with Gasteiger partial charge in [0.1, 0.15) is 11.2 Å². The first kappa shape index (κ1) is 31.9. The molecule has 8 aromatic rings. The minimum atomic E-state index is -0.488. The van der Waals surface area contributed by atoms with E-state index in [4.69, 9.17) is 28.7 Å². The first-order chi connectivity index (χ1) is 25.7. The van der Waals surface area contributed by atoms with Gasteiger partial charge >= 0.3 is 7.12 Å². The Morgan fingerprint density at radius 3 is 2.19 bits per heavy atom. The van der Waals surface area contributed by atoms with E-state index in [0.717, 1.165) is 62.6 Å². The summed E-state index contributed by atoms with van der Waals surface area (Å²) in [6, 6.07) is 39.5. The highest BCUT2D eigenvalue weighted by molar-refractivity contribution is 6.62. The van der Waals surface area contributed by atoms with Gasteiger partial charge in [-0.1, -0.05) is 91.0 Å². The van der Waals surface area contributed by atoms with Gasteiger partial charge in [0.2, 0.25) is 0 Å². The fourth-order valence-corrected chi connectivity index (χ4v) is 7.75. The molecule has 1 fully saturated rings. The molecule has 1 aliphatic carbocycles. The summed E-state index contributed by atoms with van der Waals surface area (Å²) in [6.07, 6.45) is 6.61. The Hall–Kier alpha value is -5.83. The molecule has 53 heavy (non-hydrogen) atoms. The Bertz CT molecular complexity index is 2750. The Balaban J connectivity index is 1.12. The highest BCUT2D eigenvalue weighted by Gasteiger charge is 2.51. The van der Waals surface area contributed by atoms with Gasteiger partial charge in [-0.25, -0.2) is 15.0 Å². The number of para-hydroxylation sites is 1. The second-order valence-electron chi connectivity index (χ2n) is 15.0. The van der Waals surface area contributed by atoms with E-state index >= 15 is 0 Å². The molecule has 1 aliphatic heterocycles. The fraction of sp³-hybridized carbons (Fsp3) is 0.178. The van der Waals surface area contributed by atoms with E-state index in [0.29, 0.717) is 17.5 Å². The highest BCUT2D eigenvalue weighted by atomic mass is 16.7. The Kier molecular flexibility index (Phi) is 7.13. The summed E-state index contributed by atoms with van der Waals surface area (Å²) in [5.74, 6) is 1.79. The van der Waals surface area contributed by atoms with Gasteiger partial charge in [-0.15, -0.1) is 0 Å². The van der Waals surface area contributed by atoms with Gasteiger partial charge < -0.3 is 18.3 Å². The lowest BCUT2D eigenvalue weighted by Crippen LogP contribution is -2.41. The van der Waals surface area contributed by atoms with Crippen LogP contribution in [-0.2, 0) is 15.7 Å². The van der Waals surface area contributed by atoms with Crippen molar-refractivity contribution in [3.63, 3.8) is 0 Å². The average molecular weight is 693 g/mol. The van der Waals surface area contributed by atoms with Crippen LogP contribution in [0.3, 0.4) is 0 Å². The van der Waals surface area contributed by atoms with E-state index in [-0.39, 0.29) is 0 Å². The molecule has 2 aliphatic rings. The molecule has 0 spiro atoms. The molecule has 7 nitrogen and oxygen atoms in total. The predicted molar refractivity (Wildman–Crippen MR) is 213 cm³/mol. The van der Waals surface area contributed by atoms with Crippen molar-refractivity contribution in [2.75, 3.05) is 0 Å². The standard InChI is InChI=1S/C45H37BN4O3/c1-44(2)45(3,4)53-46(52-44)30-24-25-34-39(27-30)51-38-23-13-20-35(40(34)38)43-48-41(28-14-6-5-7-15-28)47-42(49-43)29-16-12-17-31(26-29)50-36-21-10-8-18-32(36)33-19-9-11-22-37(33)50/h5-8,10-18,20-27H,9,19H2,1-4H3. The number of fused-ring (bicyclic) bond motifs is 6. The molecule has 0 unspecified atom stereocenters. The van der Waals surface area contributed by atoms with Gasteiger partial charge in [0.05, 0.1) is 16.7 Å². The zero-order chi connectivity index (χ0) is 35.9. The van der Waals surface area contributed by atoms with E-state index < -0.39 is 18.3 Å². The average Bonchev–Trinajstić information content (AvgIpc) is 3.80. The molecule has 4 heterocycles. The molecular weight excluding hydrogens is 655 g/mol. The van der Waals surface area contributed by atoms with Crippen molar-refractivity contribution in [3.05, 3.63) is 133 Å². The molecule has 0 radical (unpaired) electrons. The second kappa shape index (κ2) is 11.8. The molecule has 8 heteroatoms. The maximum Gasteiger partial charge on any atom is 0.494 e. The minimum absolute atomic E-state index is 0.438. The topological polar surface area (TPSA) is 75.2 Å². The molecule has 5 aromatic carbocycles. The third kappa shape index (κ3) is 5.16. The summed E-state index contributed by atoms with van der Waals surface area (Å²) >= 11 is 0. The van der Waals surface area contributed by atoms with E-state index in [1.807, 2.05) is 48.5 Å². The summed E-state index contributed by atoms with van der Waals surface area (Å²) in [5, 5.41) is 3.22. The number of furan rings is 1.